The summed E-state index contributed by atoms with van der Waals surface area (Å²) in [7, 11) is 0. The first-order chi connectivity index (χ1) is 17.9. The molecule has 1 aliphatic heterocycles. The molecule has 1 amide bonds. The lowest BCUT2D eigenvalue weighted by atomic mass is 9.99. The Bertz CT molecular complexity index is 1250. The Labute approximate surface area is 228 Å². The standard InChI is InChI=1S/C28H37ClN6OS/c1-18-19(2)37-28-25(18)26(21-11-13-22(29)14-12-21)32-23(27-34-33-20(3)35(27)28)17-24(36)31-16-10-8-6-4-5-7-9-15-30/h11-14,23H,4-10,15-17,30H2,1-3H3,(H,31,36)/t23-/m0/s1. The smallest absolute Gasteiger partial charge is 0.222 e. The van der Waals surface area contributed by atoms with E-state index < -0.39 is 6.04 Å². The first kappa shape index (κ1) is 27.5. The number of unbranched alkanes of at least 4 members (excludes halogenated alkanes) is 6. The topological polar surface area (TPSA) is 98.2 Å². The van der Waals surface area contributed by atoms with Crippen LogP contribution >= 0.6 is 22.9 Å². The van der Waals surface area contributed by atoms with Crippen molar-refractivity contribution in [2.45, 2.75) is 78.2 Å². The summed E-state index contributed by atoms with van der Waals surface area (Å²) in [6, 6.07) is 7.30. The lowest BCUT2D eigenvalue weighted by Crippen LogP contribution is -2.26. The van der Waals surface area contributed by atoms with Gasteiger partial charge in [0.15, 0.2) is 5.82 Å². The highest BCUT2D eigenvalue weighted by Gasteiger charge is 2.32. The number of aryl methyl sites for hydroxylation is 2. The van der Waals surface area contributed by atoms with E-state index in [1.807, 2.05) is 31.2 Å². The maximum atomic E-state index is 13.0. The van der Waals surface area contributed by atoms with Gasteiger partial charge in [-0.15, -0.1) is 21.5 Å². The van der Waals surface area contributed by atoms with E-state index in [2.05, 4.69) is 33.9 Å². The third-order valence-electron chi connectivity index (χ3n) is 6.94. The normalized spacial score (nSPS) is 14.6. The van der Waals surface area contributed by atoms with Crippen LogP contribution in [-0.4, -0.2) is 39.5 Å². The zero-order chi connectivity index (χ0) is 26.4. The number of rotatable bonds is 12. The van der Waals surface area contributed by atoms with Gasteiger partial charge in [0.1, 0.15) is 16.9 Å². The van der Waals surface area contributed by atoms with Gasteiger partial charge < -0.3 is 11.1 Å². The number of hydrogen-bond acceptors (Lipinski definition) is 6. The van der Waals surface area contributed by atoms with Gasteiger partial charge in [0.25, 0.3) is 0 Å². The molecule has 7 nitrogen and oxygen atoms in total. The molecular formula is C28H37ClN6OS. The van der Waals surface area contributed by atoms with Crippen LogP contribution in [0.25, 0.3) is 5.00 Å². The lowest BCUT2D eigenvalue weighted by molar-refractivity contribution is -0.121. The molecule has 0 saturated heterocycles. The molecule has 37 heavy (non-hydrogen) atoms. The molecule has 0 fully saturated rings. The first-order valence-corrected chi connectivity index (χ1v) is 14.4. The second-order valence-corrected chi connectivity index (χ2v) is 11.4. The molecule has 1 aliphatic rings. The second-order valence-electron chi connectivity index (χ2n) is 9.72. The molecule has 0 bridgehead atoms. The van der Waals surface area contributed by atoms with E-state index in [1.54, 1.807) is 11.3 Å². The van der Waals surface area contributed by atoms with E-state index in [0.29, 0.717) is 17.4 Å². The zero-order valence-corrected chi connectivity index (χ0v) is 23.6. The highest BCUT2D eigenvalue weighted by Crippen LogP contribution is 2.39. The minimum absolute atomic E-state index is 0.0162. The number of benzene rings is 1. The van der Waals surface area contributed by atoms with Crippen LogP contribution in [0.3, 0.4) is 0 Å². The van der Waals surface area contributed by atoms with Crippen LogP contribution in [0, 0.1) is 20.8 Å². The molecule has 0 saturated carbocycles. The molecule has 0 spiro atoms. The van der Waals surface area contributed by atoms with Crippen molar-refractivity contribution in [1.82, 2.24) is 20.1 Å². The molecule has 1 atom stereocenters. The van der Waals surface area contributed by atoms with E-state index in [9.17, 15) is 4.79 Å². The molecule has 0 aliphatic carbocycles. The molecule has 9 heteroatoms. The monoisotopic (exact) mass is 540 g/mol. The molecule has 0 unspecified atom stereocenters. The van der Waals surface area contributed by atoms with Crippen LogP contribution in [0.4, 0.5) is 0 Å². The Morgan fingerprint density at radius 1 is 1.03 bits per heavy atom. The highest BCUT2D eigenvalue weighted by molar-refractivity contribution is 7.15. The molecule has 3 N–H and O–H groups in total. The summed E-state index contributed by atoms with van der Waals surface area (Å²) in [5.41, 5.74) is 9.64. The van der Waals surface area contributed by atoms with Crippen molar-refractivity contribution in [2.24, 2.45) is 10.7 Å². The SMILES string of the molecule is Cc1sc2c(c1C)C(c1ccc(Cl)cc1)=N[C@@H](CC(=O)NCCCCCCCCCN)c1nnc(C)n1-2. The predicted octanol–water partition coefficient (Wildman–Crippen LogP) is 6.00. The number of carbonyl (C=O) groups excluding carboxylic acids is 1. The number of hydrogen-bond donors (Lipinski definition) is 2. The number of halogens is 1. The van der Waals surface area contributed by atoms with Gasteiger partial charge in [0.2, 0.25) is 5.91 Å². The Kier molecular flexibility index (Phi) is 9.51. The minimum Gasteiger partial charge on any atom is -0.356 e. The number of nitrogens with zero attached hydrogens (tertiary/aromatic N) is 4. The number of nitrogens with two attached hydrogens (primary N) is 1. The summed E-state index contributed by atoms with van der Waals surface area (Å²) in [5, 5.41) is 13.7. The molecule has 4 rings (SSSR count). The number of thiophene rings is 1. The highest BCUT2D eigenvalue weighted by atomic mass is 35.5. The third kappa shape index (κ3) is 6.48. The van der Waals surface area contributed by atoms with Crippen molar-refractivity contribution in [2.75, 3.05) is 13.1 Å². The molecule has 0 radical (unpaired) electrons. The summed E-state index contributed by atoms with van der Waals surface area (Å²) in [6.45, 7) is 7.66. The number of amides is 1. The van der Waals surface area contributed by atoms with E-state index in [0.717, 1.165) is 53.5 Å². The van der Waals surface area contributed by atoms with E-state index in [-0.39, 0.29) is 12.3 Å². The van der Waals surface area contributed by atoms with Crippen molar-refractivity contribution in [1.29, 1.82) is 0 Å². The molecular weight excluding hydrogens is 504 g/mol. The quantitative estimate of drug-likeness (QED) is 0.275. The lowest BCUT2D eigenvalue weighted by Gasteiger charge is -2.13. The number of aromatic nitrogens is 3. The fourth-order valence-electron chi connectivity index (χ4n) is 4.76. The minimum atomic E-state index is -0.436. The van der Waals surface area contributed by atoms with Gasteiger partial charge in [-0.2, -0.15) is 0 Å². The van der Waals surface area contributed by atoms with Gasteiger partial charge in [-0.1, -0.05) is 55.8 Å². The summed E-state index contributed by atoms with van der Waals surface area (Å²) in [4.78, 5) is 19.4. The van der Waals surface area contributed by atoms with Crippen LogP contribution in [0.5, 0.6) is 0 Å². The average Bonchev–Trinajstić information content (AvgIpc) is 3.35. The van der Waals surface area contributed by atoms with Gasteiger partial charge in [-0.05, 0) is 57.9 Å². The van der Waals surface area contributed by atoms with Crippen LogP contribution in [0.15, 0.2) is 29.3 Å². The number of carbonyl (C=O) groups is 1. The van der Waals surface area contributed by atoms with Crippen LogP contribution in [0.1, 0.15) is 90.6 Å². The predicted molar refractivity (Wildman–Crippen MR) is 152 cm³/mol. The van der Waals surface area contributed by atoms with Gasteiger partial charge in [0, 0.05) is 27.6 Å². The third-order valence-corrected chi connectivity index (χ3v) is 8.38. The van der Waals surface area contributed by atoms with Crippen molar-refractivity contribution < 1.29 is 4.79 Å². The molecule has 3 heterocycles. The number of aliphatic imine (C=N–C) groups is 1. The Hall–Kier alpha value is -2.55. The second kappa shape index (κ2) is 12.8. The van der Waals surface area contributed by atoms with E-state index in [4.69, 9.17) is 22.3 Å². The largest absolute Gasteiger partial charge is 0.356 e. The Balaban J connectivity index is 1.51. The van der Waals surface area contributed by atoms with E-state index in [1.165, 1.54) is 36.1 Å². The number of nitrogens with one attached hydrogen (secondary N) is 1. The van der Waals surface area contributed by atoms with Crippen molar-refractivity contribution in [3.05, 3.63) is 62.5 Å². The summed E-state index contributed by atoms with van der Waals surface area (Å²) >= 11 is 7.89. The number of fused-ring (bicyclic) bond motifs is 3. The maximum Gasteiger partial charge on any atom is 0.222 e. The van der Waals surface area contributed by atoms with Crippen molar-refractivity contribution >= 4 is 34.6 Å². The maximum absolute atomic E-state index is 13.0. The summed E-state index contributed by atoms with van der Waals surface area (Å²) in [6.07, 6.45) is 8.32. The fourth-order valence-corrected chi connectivity index (χ4v) is 6.10. The van der Waals surface area contributed by atoms with E-state index >= 15 is 0 Å². The van der Waals surface area contributed by atoms with Crippen molar-refractivity contribution in [3.8, 4) is 5.00 Å². The van der Waals surface area contributed by atoms with Gasteiger partial charge in [0.05, 0.1) is 12.1 Å². The zero-order valence-electron chi connectivity index (χ0n) is 22.0. The van der Waals surface area contributed by atoms with Crippen LogP contribution in [-0.2, 0) is 4.79 Å². The average molecular weight is 541 g/mol. The summed E-state index contributed by atoms with van der Waals surface area (Å²) < 4.78 is 2.08. The Morgan fingerprint density at radius 2 is 1.70 bits per heavy atom. The van der Waals surface area contributed by atoms with Gasteiger partial charge in [-0.3, -0.25) is 14.4 Å². The molecule has 3 aromatic rings. The molecule has 2 aromatic heterocycles. The molecule has 198 valence electrons. The van der Waals surface area contributed by atoms with Crippen LogP contribution in [0.2, 0.25) is 5.02 Å². The molecule has 1 aromatic carbocycles. The first-order valence-electron chi connectivity index (χ1n) is 13.2. The van der Waals surface area contributed by atoms with Crippen LogP contribution < -0.4 is 11.1 Å². The van der Waals surface area contributed by atoms with Crippen molar-refractivity contribution in [3.63, 3.8) is 0 Å². The van der Waals surface area contributed by atoms with Gasteiger partial charge >= 0.3 is 0 Å². The fraction of sp³-hybridized carbons (Fsp3) is 0.500. The summed E-state index contributed by atoms with van der Waals surface area (Å²) in [5.74, 6) is 1.48. The Morgan fingerprint density at radius 3 is 2.41 bits per heavy atom. The van der Waals surface area contributed by atoms with Gasteiger partial charge in [-0.25, -0.2) is 0 Å².